The number of rotatable bonds is 8. The zero-order valence-corrected chi connectivity index (χ0v) is 20.6. The van der Waals surface area contributed by atoms with Gasteiger partial charge in [0.15, 0.2) is 5.96 Å². The van der Waals surface area contributed by atoms with E-state index in [2.05, 4.69) is 53.8 Å². The number of amides is 1. The van der Waals surface area contributed by atoms with E-state index < -0.39 is 0 Å². The fourth-order valence-corrected chi connectivity index (χ4v) is 2.22. The first-order valence-corrected chi connectivity index (χ1v) is 9.61. The number of aliphatic imine (C=N–C) groups is 1. The highest BCUT2D eigenvalue weighted by molar-refractivity contribution is 14.0. The van der Waals surface area contributed by atoms with Crippen LogP contribution in [0.25, 0.3) is 0 Å². The van der Waals surface area contributed by atoms with Crippen molar-refractivity contribution in [2.75, 3.05) is 26.7 Å². The van der Waals surface area contributed by atoms with Crippen LogP contribution in [0, 0.1) is 11.3 Å². The average Bonchev–Trinajstić information content (AvgIpc) is 2.61. The maximum absolute atomic E-state index is 11.9. The summed E-state index contributed by atoms with van der Waals surface area (Å²) in [6.45, 7) is 13.9. The number of nitrogens with one attached hydrogen (secondary N) is 3. The molecule has 0 heterocycles. The number of nitrogens with zero attached hydrogens (tertiary/aromatic N) is 1. The second kappa shape index (κ2) is 12.9. The van der Waals surface area contributed by atoms with Crippen molar-refractivity contribution in [2.24, 2.45) is 16.3 Å². The summed E-state index contributed by atoms with van der Waals surface area (Å²) in [4.78, 5) is 16.1. The van der Waals surface area contributed by atoms with Gasteiger partial charge in [0.2, 0.25) is 5.91 Å². The molecule has 28 heavy (non-hydrogen) atoms. The molecule has 3 N–H and O–H groups in total. The second-order valence-electron chi connectivity index (χ2n) is 8.14. The first kappa shape index (κ1) is 26.5. The zero-order valence-electron chi connectivity index (χ0n) is 18.3. The van der Waals surface area contributed by atoms with Gasteiger partial charge in [0.1, 0.15) is 5.75 Å². The minimum atomic E-state index is -0.376. The average molecular weight is 504 g/mol. The monoisotopic (exact) mass is 504 g/mol. The smallest absolute Gasteiger partial charge is 0.225 e. The van der Waals surface area contributed by atoms with Crippen LogP contribution >= 0.6 is 24.0 Å². The van der Waals surface area contributed by atoms with Gasteiger partial charge in [0.05, 0.1) is 12.6 Å². The van der Waals surface area contributed by atoms with Crippen LogP contribution in [0.15, 0.2) is 29.3 Å². The van der Waals surface area contributed by atoms with Crippen molar-refractivity contribution in [3.63, 3.8) is 0 Å². The number of carbonyl (C=O) groups is 1. The van der Waals surface area contributed by atoms with Crippen LogP contribution < -0.4 is 20.7 Å². The van der Waals surface area contributed by atoms with Crippen LogP contribution in [0.3, 0.4) is 0 Å². The number of halogens is 1. The number of hydrogen-bond acceptors (Lipinski definition) is 3. The van der Waals surface area contributed by atoms with Gasteiger partial charge in [0.25, 0.3) is 0 Å². The third kappa shape index (κ3) is 10.1. The predicted molar refractivity (Wildman–Crippen MR) is 128 cm³/mol. The molecule has 0 aliphatic heterocycles. The van der Waals surface area contributed by atoms with Crippen LogP contribution in [-0.2, 0) is 4.79 Å². The summed E-state index contributed by atoms with van der Waals surface area (Å²) >= 11 is 0. The van der Waals surface area contributed by atoms with E-state index in [1.807, 2.05) is 32.9 Å². The van der Waals surface area contributed by atoms with Gasteiger partial charge in [-0.2, -0.15) is 0 Å². The summed E-state index contributed by atoms with van der Waals surface area (Å²) in [6, 6.07) is 8.20. The third-order valence-electron chi connectivity index (χ3n) is 3.92. The molecule has 0 radical (unpaired) electrons. The highest BCUT2D eigenvalue weighted by atomic mass is 127. The van der Waals surface area contributed by atoms with Crippen molar-refractivity contribution in [3.05, 3.63) is 29.8 Å². The molecule has 7 heteroatoms. The first-order valence-electron chi connectivity index (χ1n) is 9.61. The highest BCUT2D eigenvalue weighted by Gasteiger charge is 2.20. The molecule has 1 aromatic carbocycles. The van der Waals surface area contributed by atoms with E-state index in [1.165, 1.54) is 0 Å². The van der Waals surface area contributed by atoms with Crippen LogP contribution in [0.2, 0.25) is 0 Å². The van der Waals surface area contributed by atoms with E-state index in [1.54, 1.807) is 7.05 Å². The van der Waals surface area contributed by atoms with Crippen LogP contribution in [0.4, 0.5) is 0 Å². The Balaban J connectivity index is 0.00000729. The number of guanidine groups is 1. The molecule has 0 bridgehead atoms. The fraction of sp³-hybridized carbons (Fsp3) is 0.619. The van der Waals surface area contributed by atoms with E-state index >= 15 is 0 Å². The molecule has 1 aromatic rings. The van der Waals surface area contributed by atoms with Gasteiger partial charge in [-0.05, 0) is 30.5 Å². The van der Waals surface area contributed by atoms with Gasteiger partial charge in [0, 0.05) is 25.6 Å². The molecule has 6 nitrogen and oxygen atoms in total. The highest BCUT2D eigenvalue weighted by Crippen LogP contribution is 2.18. The molecule has 0 spiro atoms. The Labute approximate surface area is 187 Å². The van der Waals surface area contributed by atoms with Crippen molar-refractivity contribution in [1.29, 1.82) is 0 Å². The molecule has 1 atom stereocenters. The van der Waals surface area contributed by atoms with E-state index in [0.29, 0.717) is 25.0 Å². The van der Waals surface area contributed by atoms with E-state index in [-0.39, 0.29) is 41.3 Å². The minimum Gasteiger partial charge on any atom is -0.493 e. The summed E-state index contributed by atoms with van der Waals surface area (Å²) in [5, 5.41) is 9.49. The summed E-state index contributed by atoms with van der Waals surface area (Å²) in [6.07, 6.45) is 0. The molecule has 0 saturated carbocycles. The summed E-state index contributed by atoms with van der Waals surface area (Å²) in [5.74, 6) is 2.14. The number of ether oxygens (including phenoxy) is 1. The number of benzene rings is 1. The summed E-state index contributed by atoms with van der Waals surface area (Å²) < 4.78 is 5.72. The number of hydrogen-bond donors (Lipinski definition) is 3. The maximum atomic E-state index is 11.9. The van der Waals surface area contributed by atoms with E-state index in [0.717, 1.165) is 17.9 Å². The molecule has 0 aromatic heterocycles. The second-order valence-corrected chi connectivity index (χ2v) is 8.14. The Hall–Kier alpha value is -1.51. The Morgan fingerprint density at radius 3 is 2.14 bits per heavy atom. The molecule has 0 saturated heterocycles. The van der Waals surface area contributed by atoms with Crippen molar-refractivity contribution in [1.82, 2.24) is 16.0 Å². The van der Waals surface area contributed by atoms with Gasteiger partial charge in [-0.3, -0.25) is 9.79 Å². The van der Waals surface area contributed by atoms with E-state index in [4.69, 9.17) is 4.74 Å². The lowest BCUT2D eigenvalue weighted by Gasteiger charge is -2.20. The Morgan fingerprint density at radius 1 is 1.07 bits per heavy atom. The lowest BCUT2D eigenvalue weighted by molar-refractivity contribution is -0.128. The summed E-state index contributed by atoms with van der Waals surface area (Å²) in [5.41, 5.74) is 0.773. The molecule has 0 aliphatic rings. The lowest BCUT2D eigenvalue weighted by Crippen LogP contribution is -2.44. The van der Waals surface area contributed by atoms with Gasteiger partial charge >= 0.3 is 0 Å². The van der Waals surface area contributed by atoms with Gasteiger partial charge in [-0.15, -0.1) is 24.0 Å². The van der Waals surface area contributed by atoms with Crippen molar-refractivity contribution < 1.29 is 9.53 Å². The fourth-order valence-electron chi connectivity index (χ4n) is 2.22. The predicted octanol–water partition coefficient (Wildman–Crippen LogP) is 3.73. The maximum Gasteiger partial charge on any atom is 0.225 e. The molecule has 0 fully saturated rings. The Bertz CT molecular complexity index is 610. The molecular formula is C21H37IN4O2. The Morgan fingerprint density at radius 2 is 1.64 bits per heavy atom. The molecule has 160 valence electrons. The summed E-state index contributed by atoms with van der Waals surface area (Å²) in [7, 11) is 1.73. The third-order valence-corrected chi connectivity index (χ3v) is 3.92. The standard InChI is InChI=1S/C21H36N4O2.HI/c1-15(2)14-27-18-10-8-17(9-11-18)16(3)25-20(22-7)24-13-12-23-19(26)21(4,5)6;/h8-11,15-16H,12-14H2,1-7H3,(H,23,26)(H2,22,24,25);1H. The molecule has 1 amide bonds. The van der Waals surface area contributed by atoms with Crippen LogP contribution in [-0.4, -0.2) is 38.6 Å². The topological polar surface area (TPSA) is 74.8 Å². The molecule has 1 rings (SSSR count). The Kier molecular flexibility index (Phi) is 12.2. The molecule has 0 aliphatic carbocycles. The SMILES string of the molecule is CN=C(NCCNC(=O)C(C)(C)C)NC(C)c1ccc(OCC(C)C)cc1.I. The molecular weight excluding hydrogens is 467 g/mol. The van der Waals surface area contributed by atoms with Crippen LogP contribution in [0.1, 0.15) is 53.1 Å². The number of carbonyl (C=O) groups excluding carboxylic acids is 1. The van der Waals surface area contributed by atoms with E-state index in [9.17, 15) is 4.79 Å². The molecule has 1 unspecified atom stereocenters. The lowest BCUT2D eigenvalue weighted by atomic mass is 9.96. The first-order chi connectivity index (χ1) is 12.6. The van der Waals surface area contributed by atoms with Crippen molar-refractivity contribution in [3.8, 4) is 5.75 Å². The minimum absolute atomic E-state index is 0. The van der Waals surface area contributed by atoms with Crippen molar-refractivity contribution in [2.45, 2.75) is 47.6 Å². The normalized spacial score (nSPS) is 12.8. The van der Waals surface area contributed by atoms with Crippen molar-refractivity contribution >= 4 is 35.8 Å². The quantitative estimate of drug-likeness (QED) is 0.218. The van der Waals surface area contributed by atoms with Gasteiger partial charge in [-0.1, -0.05) is 46.8 Å². The van der Waals surface area contributed by atoms with Gasteiger partial charge in [-0.25, -0.2) is 0 Å². The van der Waals surface area contributed by atoms with Gasteiger partial charge < -0.3 is 20.7 Å². The zero-order chi connectivity index (χ0) is 20.4. The van der Waals surface area contributed by atoms with Crippen LogP contribution in [0.5, 0.6) is 5.75 Å². The largest absolute Gasteiger partial charge is 0.493 e.